The van der Waals surface area contributed by atoms with Crippen LogP contribution in [0.25, 0.3) is 0 Å². The quantitative estimate of drug-likeness (QED) is 0.431. The molecule has 2 aliphatic rings. The van der Waals surface area contributed by atoms with Crippen LogP contribution in [0, 0.1) is 5.92 Å². The highest BCUT2D eigenvalue weighted by Gasteiger charge is 2.40. The molecule has 2 aromatic rings. The largest absolute Gasteiger partial charge is 0.491 e. The molecule has 0 bridgehead atoms. The molecule has 2 amide bonds. The smallest absolute Gasteiger partial charge is 0.246 e. The number of hydrogen-bond acceptors (Lipinski definition) is 7. The predicted octanol–water partition coefficient (Wildman–Crippen LogP) is 4.50. The molecule has 2 N–H and O–H groups in total. The SMILES string of the molecule is CN[C@@H](C)C(=O)N[C@H](C(=O)N1CCC[C@H]1c1nc(C(=O)c2ccc(OC(C)C)cc2)cs1)C1CCCCC1. The van der Waals surface area contributed by atoms with E-state index in [1.807, 2.05) is 18.7 Å². The number of likely N-dealkylation sites (tertiary alicyclic amines) is 1. The van der Waals surface area contributed by atoms with Gasteiger partial charge in [-0.05, 0) is 83.7 Å². The zero-order chi connectivity index (χ0) is 27.2. The molecule has 206 valence electrons. The van der Waals surface area contributed by atoms with Crippen LogP contribution in [0.4, 0.5) is 0 Å². The molecule has 1 saturated heterocycles. The second-order valence-corrected chi connectivity index (χ2v) is 11.6. The Morgan fingerprint density at radius 3 is 2.39 bits per heavy atom. The number of likely N-dealkylation sites (N-methyl/N-ethyl adjacent to an activating group) is 1. The molecule has 1 aromatic carbocycles. The lowest BCUT2D eigenvalue weighted by Crippen LogP contribution is -2.55. The van der Waals surface area contributed by atoms with Crippen molar-refractivity contribution in [2.75, 3.05) is 13.6 Å². The highest BCUT2D eigenvalue weighted by molar-refractivity contribution is 7.10. The minimum absolute atomic E-state index is 0.0279. The Bertz CT molecular complexity index is 1110. The van der Waals surface area contributed by atoms with Crippen LogP contribution in [-0.2, 0) is 9.59 Å². The summed E-state index contributed by atoms with van der Waals surface area (Å²) >= 11 is 1.42. The van der Waals surface area contributed by atoms with Crippen molar-refractivity contribution in [2.45, 2.75) is 89.9 Å². The number of amides is 2. The number of carbonyl (C=O) groups is 3. The molecule has 0 unspecified atom stereocenters. The van der Waals surface area contributed by atoms with Crippen molar-refractivity contribution in [2.24, 2.45) is 5.92 Å². The Kier molecular flexibility index (Phi) is 9.54. The molecule has 9 heteroatoms. The summed E-state index contributed by atoms with van der Waals surface area (Å²) in [7, 11) is 1.74. The van der Waals surface area contributed by atoms with Gasteiger partial charge in [0.15, 0.2) is 0 Å². The van der Waals surface area contributed by atoms with Crippen molar-refractivity contribution >= 4 is 28.9 Å². The Morgan fingerprint density at radius 2 is 1.74 bits per heavy atom. The first-order chi connectivity index (χ1) is 18.3. The van der Waals surface area contributed by atoms with Crippen LogP contribution in [0.3, 0.4) is 0 Å². The zero-order valence-corrected chi connectivity index (χ0v) is 23.7. The molecule has 1 saturated carbocycles. The van der Waals surface area contributed by atoms with Gasteiger partial charge in [-0.25, -0.2) is 4.98 Å². The van der Waals surface area contributed by atoms with Gasteiger partial charge in [-0.1, -0.05) is 19.3 Å². The lowest BCUT2D eigenvalue weighted by atomic mass is 9.83. The molecule has 8 nitrogen and oxygen atoms in total. The Labute approximate surface area is 229 Å². The highest BCUT2D eigenvalue weighted by Crippen LogP contribution is 2.36. The van der Waals surface area contributed by atoms with E-state index in [0.29, 0.717) is 17.8 Å². The summed E-state index contributed by atoms with van der Waals surface area (Å²) in [5, 5.41) is 8.60. The summed E-state index contributed by atoms with van der Waals surface area (Å²) in [6.07, 6.45) is 6.96. The number of nitrogens with one attached hydrogen (secondary N) is 2. The number of thiazole rings is 1. The lowest BCUT2D eigenvalue weighted by molar-refractivity contribution is -0.139. The predicted molar refractivity (Wildman–Crippen MR) is 148 cm³/mol. The summed E-state index contributed by atoms with van der Waals surface area (Å²) in [4.78, 5) is 46.4. The molecule has 0 radical (unpaired) electrons. The van der Waals surface area contributed by atoms with Crippen LogP contribution in [0.2, 0.25) is 0 Å². The van der Waals surface area contributed by atoms with Crippen LogP contribution in [-0.4, -0.2) is 59.3 Å². The third-order valence-corrected chi connectivity index (χ3v) is 8.52. The van der Waals surface area contributed by atoms with Gasteiger partial charge in [-0.2, -0.15) is 0 Å². The summed E-state index contributed by atoms with van der Waals surface area (Å²) < 4.78 is 5.67. The van der Waals surface area contributed by atoms with Crippen LogP contribution >= 0.6 is 11.3 Å². The van der Waals surface area contributed by atoms with E-state index in [0.717, 1.165) is 49.3 Å². The topological polar surface area (TPSA) is 101 Å². The number of rotatable bonds is 10. The third-order valence-electron chi connectivity index (χ3n) is 7.58. The van der Waals surface area contributed by atoms with Crippen molar-refractivity contribution in [3.63, 3.8) is 0 Å². The van der Waals surface area contributed by atoms with Crippen molar-refractivity contribution in [3.05, 3.63) is 45.9 Å². The van der Waals surface area contributed by atoms with Gasteiger partial charge in [-0.3, -0.25) is 14.4 Å². The average Bonchev–Trinajstić information content (AvgIpc) is 3.61. The minimum atomic E-state index is -0.535. The normalized spacial score (nSPS) is 19.8. The van der Waals surface area contributed by atoms with E-state index < -0.39 is 6.04 Å². The van der Waals surface area contributed by atoms with Gasteiger partial charge in [0.05, 0.1) is 18.2 Å². The average molecular weight is 541 g/mol. The van der Waals surface area contributed by atoms with E-state index in [2.05, 4.69) is 10.6 Å². The van der Waals surface area contributed by atoms with E-state index in [1.165, 1.54) is 17.8 Å². The molecule has 2 heterocycles. The maximum atomic E-state index is 13.9. The first-order valence-corrected chi connectivity index (χ1v) is 14.7. The summed E-state index contributed by atoms with van der Waals surface area (Å²) in [6, 6.07) is 6.02. The van der Waals surface area contributed by atoms with E-state index in [-0.39, 0.29) is 41.7 Å². The zero-order valence-electron chi connectivity index (χ0n) is 22.9. The fraction of sp³-hybridized carbons (Fsp3) is 0.586. The monoisotopic (exact) mass is 540 g/mol. The summed E-state index contributed by atoms with van der Waals surface area (Å²) in [6.45, 7) is 6.35. The van der Waals surface area contributed by atoms with Crippen LogP contribution in [0.5, 0.6) is 5.75 Å². The molecule has 38 heavy (non-hydrogen) atoms. The fourth-order valence-electron chi connectivity index (χ4n) is 5.37. The fourth-order valence-corrected chi connectivity index (χ4v) is 6.32. The Balaban J connectivity index is 1.50. The number of ketones is 1. The van der Waals surface area contributed by atoms with Gasteiger partial charge in [0.1, 0.15) is 22.5 Å². The number of carbonyl (C=O) groups excluding carboxylic acids is 3. The van der Waals surface area contributed by atoms with Crippen LogP contribution in [0.1, 0.15) is 92.8 Å². The maximum Gasteiger partial charge on any atom is 0.246 e. The van der Waals surface area contributed by atoms with E-state index in [9.17, 15) is 14.4 Å². The lowest BCUT2D eigenvalue weighted by Gasteiger charge is -2.35. The van der Waals surface area contributed by atoms with E-state index in [1.54, 1.807) is 43.6 Å². The van der Waals surface area contributed by atoms with Crippen LogP contribution in [0.15, 0.2) is 29.6 Å². The van der Waals surface area contributed by atoms with Crippen molar-refractivity contribution in [3.8, 4) is 5.75 Å². The molecule has 4 rings (SSSR count). The molecule has 2 fully saturated rings. The van der Waals surface area contributed by atoms with Crippen molar-refractivity contribution in [1.29, 1.82) is 0 Å². The molecular weight excluding hydrogens is 500 g/mol. The second kappa shape index (κ2) is 12.8. The standard InChI is InChI=1S/C29H40N4O4S/c1-18(2)37-22-14-12-21(13-15-22)26(34)23-17-38-28(31-23)24-11-8-16-33(24)29(36)25(20-9-6-5-7-10-20)32-27(35)19(3)30-4/h12-15,17-20,24-25,30H,5-11,16H2,1-4H3,(H,32,35)/t19-,24-,25-/m0/s1. The van der Waals surface area contributed by atoms with E-state index >= 15 is 0 Å². The highest BCUT2D eigenvalue weighted by atomic mass is 32.1. The van der Waals surface area contributed by atoms with Crippen LogP contribution < -0.4 is 15.4 Å². The number of benzene rings is 1. The first-order valence-electron chi connectivity index (χ1n) is 13.8. The van der Waals surface area contributed by atoms with E-state index in [4.69, 9.17) is 9.72 Å². The van der Waals surface area contributed by atoms with Gasteiger partial charge in [-0.15, -0.1) is 11.3 Å². The molecule has 1 aliphatic heterocycles. The Morgan fingerprint density at radius 1 is 1.03 bits per heavy atom. The van der Waals surface area contributed by atoms with Crippen molar-refractivity contribution in [1.82, 2.24) is 20.5 Å². The maximum absolute atomic E-state index is 13.9. The first kappa shape index (κ1) is 28.2. The minimum Gasteiger partial charge on any atom is -0.491 e. The number of hydrogen-bond donors (Lipinski definition) is 2. The molecule has 3 atom stereocenters. The van der Waals surface area contributed by atoms with Gasteiger partial charge >= 0.3 is 0 Å². The molecule has 0 spiro atoms. The van der Waals surface area contributed by atoms with Gasteiger partial charge in [0, 0.05) is 17.5 Å². The second-order valence-electron chi connectivity index (χ2n) is 10.7. The Hall–Kier alpha value is -2.78. The van der Waals surface area contributed by atoms with Gasteiger partial charge in [0.2, 0.25) is 17.6 Å². The number of aromatic nitrogens is 1. The van der Waals surface area contributed by atoms with Crippen molar-refractivity contribution < 1.29 is 19.1 Å². The molecule has 1 aliphatic carbocycles. The number of nitrogens with zero attached hydrogens (tertiary/aromatic N) is 2. The van der Waals surface area contributed by atoms with Gasteiger partial charge in [0.25, 0.3) is 0 Å². The summed E-state index contributed by atoms with van der Waals surface area (Å²) in [5.74, 6) is 0.535. The number of ether oxygens (including phenoxy) is 1. The summed E-state index contributed by atoms with van der Waals surface area (Å²) in [5.41, 5.74) is 0.942. The van der Waals surface area contributed by atoms with Gasteiger partial charge < -0.3 is 20.3 Å². The third kappa shape index (κ3) is 6.61. The molecule has 1 aromatic heterocycles. The molecular formula is C29H40N4O4S.